The standard InChI is InChI=1S/C14H13F2N3O/c1-8(9-4-6-18-7-5-9)19-14(20)12-10(15)2-3-11(17)13(12)16/h2-8H,17H2,1H3,(H,19,20). The van der Waals surface area contributed by atoms with E-state index in [1.165, 1.54) is 0 Å². The average Bonchev–Trinajstić information content (AvgIpc) is 2.44. The van der Waals surface area contributed by atoms with Crippen LogP contribution in [-0.4, -0.2) is 10.9 Å². The molecule has 2 aromatic rings. The molecule has 1 amide bonds. The number of rotatable bonds is 3. The Bertz CT molecular complexity index is 632. The van der Waals surface area contributed by atoms with Crippen molar-refractivity contribution in [3.05, 3.63) is 59.4 Å². The van der Waals surface area contributed by atoms with Gasteiger partial charge in [0, 0.05) is 12.4 Å². The zero-order valence-corrected chi connectivity index (χ0v) is 10.7. The van der Waals surface area contributed by atoms with Gasteiger partial charge < -0.3 is 11.1 Å². The summed E-state index contributed by atoms with van der Waals surface area (Å²) in [6.07, 6.45) is 3.14. The number of nitrogen functional groups attached to an aromatic ring is 1. The molecule has 1 aromatic heterocycles. The number of carbonyl (C=O) groups is 1. The Kier molecular flexibility index (Phi) is 3.93. The van der Waals surface area contributed by atoms with Gasteiger partial charge in [-0.2, -0.15) is 0 Å². The molecule has 4 nitrogen and oxygen atoms in total. The summed E-state index contributed by atoms with van der Waals surface area (Å²) in [4.78, 5) is 15.8. The van der Waals surface area contributed by atoms with Crippen molar-refractivity contribution in [1.29, 1.82) is 0 Å². The molecule has 1 heterocycles. The average molecular weight is 277 g/mol. The maximum atomic E-state index is 13.7. The Morgan fingerprint density at radius 1 is 1.25 bits per heavy atom. The normalized spacial score (nSPS) is 11.9. The molecule has 0 radical (unpaired) electrons. The molecule has 0 aliphatic rings. The number of hydrogen-bond donors (Lipinski definition) is 2. The molecule has 6 heteroatoms. The molecule has 0 bridgehead atoms. The predicted octanol–water partition coefficient (Wildman–Crippen LogP) is 2.43. The van der Waals surface area contributed by atoms with Crippen LogP contribution < -0.4 is 11.1 Å². The van der Waals surface area contributed by atoms with E-state index in [0.717, 1.165) is 17.7 Å². The molecule has 0 saturated heterocycles. The molecule has 0 fully saturated rings. The van der Waals surface area contributed by atoms with Crippen molar-refractivity contribution in [2.75, 3.05) is 5.73 Å². The number of hydrogen-bond acceptors (Lipinski definition) is 3. The Hall–Kier alpha value is -2.50. The smallest absolute Gasteiger partial charge is 0.257 e. The first kappa shape index (κ1) is 13.9. The van der Waals surface area contributed by atoms with Gasteiger partial charge in [0.15, 0.2) is 5.82 Å². The number of halogens is 2. The Balaban J connectivity index is 2.23. The molecule has 104 valence electrons. The lowest BCUT2D eigenvalue weighted by Gasteiger charge is -2.15. The molecule has 20 heavy (non-hydrogen) atoms. The lowest BCUT2D eigenvalue weighted by molar-refractivity contribution is 0.0931. The van der Waals surface area contributed by atoms with Crippen molar-refractivity contribution < 1.29 is 13.6 Å². The third-order valence-corrected chi connectivity index (χ3v) is 2.90. The first-order valence-electron chi connectivity index (χ1n) is 5.95. The lowest BCUT2D eigenvalue weighted by Crippen LogP contribution is -2.28. The highest BCUT2D eigenvalue weighted by molar-refractivity contribution is 5.95. The minimum Gasteiger partial charge on any atom is -0.396 e. The molecule has 0 saturated carbocycles. The number of aromatic nitrogens is 1. The Morgan fingerprint density at radius 3 is 2.55 bits per heavy atom. The van der Waals surface area contributed by atoms with Gasteiger partial charge >= 0.3 is 0 Å². The summed E-state index contributed by atoms with van der Waals surface area (Å²) in [5.74, 6) is -2.85. The van der Waals surface area contributed by atoms with Crippen LogP contribution >= 0.6 is 0 Å². The molecule has 3 N–H and O–H groups in total. The second kappa shape index (κ2) is 5.64. The van der Waals surface area contributed by atoms with E-state index in [9.17, 15) is 13.6 Å². The zero-order chi connectivity index (χ0) is 14.7. The van der Waals surface area contributed by atoms with Crippen LogP contribution in [-0.2, 0) is 0 Å². The lowest BCUT2D eigenvalue weighted by atomic mass is 10.1. The quantitative estimate of drug-likeness (QED) is 0.847. The second-order valence-electron chi connectivity index (χ2n) is 4.30. The number of benzene rings is 1. The summed E-state index contributed by atoms with van der Waals surface area (Å²) in [5, 5.41) is 2.52. The maximum Gasteiger partial charge on any atom is 0.257 e. The summed E-state index contributed by atoms with van der Waals surface area (Å²) < 4.78 is 27.3. The van der Waals surface area contributed by atoms with Crippen LogP contribution in [0.15, 0.2) is 36.7 Å². The largest absolute Gasteiger partial charge is 0.396 e. The van der Waals surface area contributed by atoms with E-state index in [4.69, 9.17) is 5.73 Å². The number of nitrogens with one attached hydrogen (secondary N) is 1. The highest BCUT2D eigenvalue weighted by Crippen LogP contribution is 2.20. The number of amides is 1. The Labute approximate surface area is 114 Å². The van der Waals surface area contributed by atoms with Crippen molar-refractivity contribution in [3.8, 4) is 0 Å². The van der Waals surface area contributed by atoms with Crippen molar-refractivity contribution in [2.45, 2.75) is 13.0 Å². The molecule has 0 aliphatic heterocycles. The number of nitrogens with two attached hydrogens (primary N) is 1. The number of pyridine rings is 1. The van der Waals surface area contributed by atoms with E-state index in [1.54, 1.807) is 31.5 Å². The number of anilines is 1. The van der Waals surface area contributed by atoms with Gasteiger partial charge in [-0.05, 0) is 36.8 Å². The third kappa shape index (κ3) is 2.74. The minimum absolute atomic E-state index is 0.270. The predicted molar refractivity (Wildman–Crippen MR) is 70.9 cm³/mol. The summed E-state index contributed by atoms with van der Waals surface area (Å²) in [6.45, 7) is 1.70. The van der Waals surface area contributed by atoms with Crippen LogP contribution in [0, 0.1) is 11.6 Å². The van der Waals surface area contributed by atoms with Crippen LogP contribution in [0.5, 0.6) is 0 Å². The van der Waals surface area contributed by atoms with Gasteiger partial charge in [-0.3, -0.25) is 9.78 Å². The van der Waals surface area contributed by atoms with Gasteiger partial charge in [-0.1, -0.05) is 0 Å². The fourth-order valence-corrected chi connectivity index (χ4v) is 1.78. The zero-order valence-electron chi connectivity index (χ0n) is 10.7. The summed E-state index contributed by atoms with van der Waals surface area (Å²) in [7, 11) is 0. The summed E-state index contributed by atoms with van der Waals surface area (Å²) in [5.41, 5.74) is 5.17. The maximum absolute atomic E-state index is 13.7. The van der Waals surface area contributed by atoms with Gasteiger partial charge in [0.1, 0.15) is 11.4 Å². The van der Waals surface area contributed by atoms with Crippen LogP contribution in [0.25, 0.3) is 0 Å². The van der Waals surface area contributed by atoms with Gasteiger partial charge in [-0.15, -0.1) is 0 Å². The number of carbonyl (C=O) groups excluding carboxylic acids is 1. The van der Waals surface area contributed by atoms with Crippen molar-refractivity contribution in [2.24, 2.45) is 0 Å². The first-order chi connectivity index (χ1) is 9.50. The van der Waals surface area contributed by atoms with Crippen LogP contribution in [0.3, 0.4) is 0 Å². The van der Waals surface area contributed by atoms with E-state index in [-0.39, 0.29) is 5.69 Å². The summed E-state index contributed by atoms with van der Waals surface area (Å²) >= 11 is 0. The Morgan fingerprint density at radius 2 is 1.90 bits per heavy atom. The molecule has 1 atom stereocenters. The van der Waals surface area contributed by atoms with Crippen molar-refractivity contribution >= 4 is 11.6 Å². The van der Waals surface area contributed by atoms with E-state index in [0.29, 0.717) is 0 Å². The van der Waals surface area contributed by atoms with E-state index >= 15 is 0 Å². The monoisotopic (exact) mass is 277 g/mol. The first-order valence-corrected chi connectivity index (χ1v) is 5.95. The van der Waals surface area contributed by atoms with Crippen LogP contribution in [0.4, 0.5) is 14.5 Å². The van der Waals surface area contributed by atoms with Crippen LogP contribution in [0.2, 0.25) is 0 Å². The number of nitrogens with zero attached hydrogens (tertiary/aromatic N) is 1. The van der Waals surface area contributed by atoms with Gasteiger partial charge in [0.25, 0.3) is 5.91 Å². The SMILES string of the molecule is CC(NC(=O)c1c(F)ccc(N)c1F)c1ccncc1. The summed E-state index contributed by atoms with van der Waals surface area (Å²) in [6, 6.07) is 5.04. The van der Waals surface area contributed by atoms with Gasteiger partial charge in [-0.25, -0.2) is 8.78 Å². The third-order valence-electron chi connectivity index (χ3n) is 2.90. The van der Waals surface area contributed by atoms with E-state index in [2.05, 4.69) is 10.3 Å². The molecular formula is C14H13F2N3O. The van der Waals surface area contributed by atoms with Crippen molar-refractivity contribution in [3.63, 3.8) is 0 Å². The highest BCUT2D eigenvalue weighted by atomic mass is 19.1. The topological polar surface area (TPSA) is 68.0 Å². The molecule has 1 aromatic carbocycles. The van der Waals surface area contributed by atoms with Crippen LogP contribution in [0.1, 0.15) is 28.9 Å². The van der Waals surface area contributed by atoms with E-state index in [1.807, 2.05) is 0 Å². The van der Waals surface area contributed by atoms with Gasteiger partial charge in [0.05, 0.1) is 11.7 Å². The fourth-order valence-electron chi connectivity index (χ4n) is 1.78. The molecule has 2 rings (SSSR count). The molecule has 0 spiro atoms. The molecule has 1 unspecified atom stereocenters. The van der Waals surface area contributed by atoms with Crippen molar-refractivity contribution in [1.82, 2.24) is 10.3 Å². The van der Waals surface area contributed by atoms with E-state index < -0.39 is 29.1 Å². The molecular weight excluding hydrogens is 264 g/mol. The van der Waals surface area contributed by atoms with Gasteiger partial charge in [0.2, 0.25) is 0 Å². The highest BCUT2D eigenvalue weighted by Gasteiger charge is 2.21. The minimum atomic E-state index is -1.05. The molecule has 0 aliphatic carbocycles. The fraction of sp³-hybridized carbons (Fsp3) is 0.143. The second-order valence-corrected chi connectivity index (χ2v) is 4.30.